The minimum absolute atomic E-state index is 0.171. The molecule has 2 N–H and O–H groups in total. The Kier molecular flexibility index (Phi) is 3.44. The van der Waals surface area contributed by atoms with Crippen LogP contribution in [0.2, 0.25) is 0 Å². The van der Waals surface area contributed by atoms with Crippen molar-refractivity contribution in [3.8, 4) is 0 Å². The predicted molar refractivity (Wildman–Crippen MR) is 73.0 cm³/mol. The normalized spacial score (nSPS) is 21.3. The van der Waals surface area contributed by atoms with E-state index in [1.165, 1.54) is 18.5 Å². The fraction of sp³-hybridized carbons (Fsp3) is 0.286. The van der Waals surface area contributed by atoms with Crippen molar-refractivity contribution in [3.05, 3.63) is 35.9 Å². The number of primary amides is 1. The molecule has 0 saturated carbocycles. The van der Waals surface area contributed by atoms with Gasteiger partial charge in [-0.1, -0.05) is 0 Å². The van der Waals surface area contributed by atoms with E-state index in [4.69, 9.17) is 5.73 Å². The molecule has 2 heterocycles. The van der Waals surface area contributed by atoms with E-state index >= 15 is 0 Å². The minimum atomic E-state index is -1.36. The highest BCUT2D eigenvalue weighted by Crippen LogP contribution is 2.25. The summed E-state index contributed by atoms with van der Waals surface area (Å²) in [5, 5.41) is 0. The van der Waals surface area contributed by atoms with Crippen LogP contribution in [0.4, 0.5) is 8.78 Å². The van der Waals surface area contributed by atoms with Gasteiger partial charge in [0.05, 0.1) is 23.1 Å². The number of likely N-dealkylation sites (tertiary alicyclic amines) is 1. The minimum Gasteiger partial charge on any atom is -0.368 e. The molecule has 0 radical (unpaired) electrons. The molecule has 2 aromatic rings. The molecule has 3 rings (SSSR count). The molecule has 114 valence electrons. The van der Waals surface area contributed by atoms with Crippen molar-refractivity contribution in [1.29, 1.82) is 0 Å². The molecule has 1 saturated heterocycles. The first-order chi connectivity index (χ1) is 10.5. The fourth-order valence-corrected chi connectivity index (χ4v) is 2.58. The molecule has 22 heavy (non-hydrogen) atoms. The van der Waals surface area contributed by atoms with Crippen molar-refractivity contribution < 1.29 is 18.4 Å². The van der Waals surface area contributed by atoms with E-state index in [1.54, 1.807) is 0 Å². The van der Waals surface area contributed by atoms with Gasteiger partial charge in [-0.15, -0.1) is 0 Å². The van der Waals surface area contributed by atoms with Crippen LogP contribution in [0.3, 0.4) is 0 Å². The molecule has 0 bridgehead atoms. The Labute approximate surface area is 123 Å². The Bertz CT molecular complexity index is 768. The maximum absolute atomic E-state index is 14.1. The molecule has 8 heteroatoms. The summed E-state index contributed by atoms with van der Waals surface area (Å²) in [4.78, 5) is 32.7. The van der Waals surface area contributed by atoms with Crippen molar-refractivity contribution in [3.63, 3.8) is 0 Å². The Balaban J connectivity index is 2.01. The number of hydrogen-bond donors (Lipinski definition) is 1. The van der Waals surface area contributed by atoms with E-state index < -0.39 is 29.8 Å². The zero-order chi connectivity index (χ0) is 15.9. The van der Waals surface area contributed by atoms with Crippen LogP contribution in [0.1, 0.15) is 16.8 Å². The van der Waals surface area contributed by atoms with Crippen LogP contribution in [0.5, 0.6) is 0 Å². The molecule has 1 fully saturated rings. The molecule has 1 aliphatic heterocycles. The van der Waals surface area contributed by atoms with Gasteiger partial charge in [-0.3, -0.25) is 19.6 Å². The summed E-state index contributed by atoms with van der Waals surface area (Å²) < 4.78 is 27.6. The van der Waals surface area contributed by atoms with Crippen molar-refractivity contribution in [2.45, 2.75) is 18.6 Å². The standard InChI is InChI=1S/C14H12F2N4O2/c15-7-3-12(13(17)21)20(6-7)14(22)8-4-10-11(5-9(8)16)19-2-1-18-10/h1-2,4-5,7,12H,3,6H2,(H2,17,21)/t7-,12+/m1/s1. The molecule has 1 aromatic carbocycles. The fourth-order valence-electron chi connectivity index (χ4n) is 2.58. The zero-order valence-electron chi connectivity index (χ0n) is 11.4. The number of rotatable bonds is 2. The Morgan fingerprint density at radius 2 is 1.86 bits per heavy atom. The van der Waals surface area contributed by atoms with E-state index in [9.17, 15) is 18.4 Å². The van der Waals surface area contributed by atoms with Crippen molar-refractivity contribution in [2.24, 2.45) is 5.73 Å². The first kappa shape index (κ1) is 14.3. The lowest BCUT2D eigenvalue weighted by molar-refractivity contribution is -0.121. The zero-order valence-corrected chi connectivity index (χ0v) is 11.4. The summed E-state index contributed by atoms with van der Waals surface area (Å²) >= 11 is 0. The molecular formula is C14H12F2N4O2. The highest BCUT2D eigenvalue weighted by atomic mass is 19.1. The lowest BCUT2D eigenvalue weighted by Gasteiger charge is -2.22. The average Bonchev–Trinajstić information content (AvgIpc) is 2.88. The van der Waals surface area contributed by atoms with Crippen LogP contribution in [0.15, 0.2) is 24.5 Å². The molecular weight excluding hydrogens is 294 g/mol. The van der Waals surface area contributed by atoms with Crippen LogP contribution >= 0.6 is 0 Å². The second-order valence-corrected chi connectivity index (χ2v) is 5.09. The summed E-state index contributed by atoms with van der Waals surface area (Å²) in [6.45, 7) is -0.287. The molecule has 0 aliphatic carbocycles. The molecule has 2 atom stereocenters. The number of hydrogen-bond acceptors (Lipinski definition) is 4. The van der Waals surface area contributed by atoms with Gasteiger partial charge >= 0.3 is 0 Å². The predicted octanol–water partition coefficient (Wildman–Crippen LogP) is 0.807. The number of alkyl halides is 1. The third-order valence-electron chi connectivity index (χ3n) is 3.63. The molecule has 1 aromatic heterocycles. The average molecular weight is 306 g/mol. The van der Waals surface area contributed by atoms with Crippen molar-refractivity contribution >= 4 is 22.8 Å². The highest BCUT2D eigenvalue weighted by molar-refractivity contribution is 6.00. The number of nitrogens with zero attached hydrogens (tertiary/aromatic N) is 3. The highest BCUT2D eigenvalue weighted by Gasteiger charge is 2.39. The van der Waals surface area contributed by atoms with Crippen molar-refractivity contribution in [1.82, 2.24) is 14.9 Å². The van der Waals surface area contributed by atoms with Crippen LogP contribution in [0, 0.1) is 5.82 Å². The maximum atomic E-state index is 14.1. The number of carbonyl (C=O) groups excluding carboxylic acids is 2. The smallest absolute Gasteiger partial charge is 0.257 e. The Morgan fingerprint density at radius 3 is 2.50 bits per heavy atom. The Morgan fingerprint density at radius 1 is 1.23 bits per heavy atom. The number of carbonyl (C=O) groups is 2. The van der Waals surface area contributed by atoms with Crippen LogP contribution in [0.25, 0.3) is 11.0 Å². The largest absolute Gasteiger partial charge is 0.368 e. The number of benzene rings is 1. The van der Waals surface area contributed by atoms with Gasteiger partial charge in [-0.25, -0.2) is 8.78 Å². The lowest BCUT2D eigenvalue weighted by atomic mass is 10.1. The third-order valence-corrected chi connectivity index (χ3v) is 3.63. The summed E-state index contributed by atoms with van der Waals surface area (Å²) in [7, 11) is 0. The van der Waals surface area contributed by atoms with Gasteiger partial charge in [-0.2, -0.15) is 0 Å². The molecule has 6 nitrogen and oxygen atoms in total. The Hall–Kier alpha value is -2.64. The molecule has 1 aliphatic rings. The van der Waals surface area contributed by atoms with Gasteiger partial charge in [0.1, 0.15) is 18.0 Å². The van der Waals surface area contributed by atoms with E-state index in [-0.39, 0.29) is 18.5 Å². The van der Waals surface area contributed by atoms with Crippen LogP contribution in [-0.4, -0.2) is 45.4 Å². The second kappa shape index (κ2) is 5.28. The van der Waals surface area contributed by atoms with E-state index in [0.717, 1.165) is 11.0 Å². The number of aromatic nitrogens is 2. The number of fused-ring (bicyclic) bond motifs is 1. The monoisotopic (exact) mass is 306 g/mol. The first-order valence-corrected chi connectivity index (χ1v) is 6.62. The SMILES string of the molecule is NC(=O)[C@@H]1C[C@@H](F)CN1C(=O)c1cc2nccnc2cc1F. The quantitative estimate of drug-likeness (QED) is 0.889. The van der Waals surface area contributed by atoms with Gasteiger partial charge in [0.25, 0.3) is 5.91 Å². The van der Waals surface area contributed by atoms with Crippen LogP contribution < -0.4 is 5.73 Å². The van der Waals surface area contributed by atoms with Gasteiger partial charge < -0.3 is 10.6 Å². The van der Waals surface area contributed by atoms with E-state index in [1.807, 2.05) is 0 Å². The van der Waals surface area contributed by atoms with Crippen molar-refractivity contribution in [2.75, 3.05) is 6.54 Å². The molecule has 0 unspecified atom stereocenters. The number of halogens is 2. The first-order valence-electron chi connectivity index (χ1n) is 6.62. The summed E-state index contributed by atoms with van der Waals surface area (Å²) in [6, 6.07) is 1.25. The molecule has 2 amide bonds. The third kappa shape index (κ3) is 2.36. The second-order valence-electron chi connectivity index (χ2n) is 5.09. The van der Waals surface area contributed by atoms with Gasteiger partial charge in [0.15, 0.2) is 0 Å². The molecule has 0 spiro atoms. The van der Waals surface area contributed by atoms with Gasteiger partial charge in [0.2, 0.25) is 5.91 Å². The maximum Gasteiger partial charge on any atom is 0.257 e. The van der Waals surface area contributed by atoms with E-state index in [2.05, 4.69) is 9.97 Å². The number of nitrogens with two attached hydrogens (primary N) is 1. The lowest BCUT2D eigenvalue weighted by Crippen LogP contribution is -2.44. The topological polar surface area (TPSA) is 89.2 Å². The summed E-state index contributed by atoms with van der Waals surface area (Å²) in [5.41, 5.74) is 5.53. The van der Waals surface area contributed by atoms with E-state index in [0.29, 0.717) is 11.0 Å². The van der Waals surface area contributed by atoms with Crippen LogP contribution in [-0.2, 0) is 4.79 Å². The number of amides is 2. The van der Waals surface area contributed by atoms with Gasteiger partial charge in [0, 0.05) is 24.9 Å². The summed E-state index contributed by atoms with van der Waals surface area (Å²) in [6.07, 6.45) is 1.29. The summed E-state index contributed by atoms with van der Waals surface area (Å²) in [5.74, 6) is -2.40. The van der Waals surface area contributed by atoms with Gasteiger partial charge in [-0.05, 0) is 6.07 Å².